The van der Waals surface area contributed by atoms with Crippen molar-refractivity contribution in [2.45, 2.75) is 0 Å². The first kappa shape index (κ1) is 26.9. The fraction of sp³-hybridized carbons (Fsp3) is 0.207. The number of hydrogen-bond acceptors (Lipinski definition) is 6. The summed E-state index contributed by atoms with van der Waals surface area (Å²) in [7, 11) is 2.88. The number of esters is 1. The number of hydrogen-bond donors (Lipinski definition) is 1. The molecular weight excluding hydrogens is 550 g/mol. The van der Waals surface area contributed by atoms with E-state index in [1.165, 1.54) is 13.2 Å². The van der Waals surface area contributed by atoms with Crippen molar-refractivity contribution in [3.8, 4) is 5.75 Å². The molecule has 9 heteroatoms. The van der Waals surface area contributed by atoms with E-state index in [-0.39, 0.29) is 11.8 Å². The molecule has 38 heavy (non-hydrogen) atoms. The molecule has 0 spiro atoms. The van der Waals surface area contributed by atoms with E-state index in [0.29, 0.717) is 48.7 Å². The Kier molecular flexibility index (Phi) is 8.81. The first-order valence-corrected chi connectivity index (χ1v) is 12.8. The highest BCUT2D eigenvalue weighted by atomic mass is 79.9. The smallest absolute Gasteiger partial charge is 0.337 e. The van der Waals surface area contributed by atoms with Crippen molar-refractivity contribution < 1.29 is 23.9 Å². The number of halogens is 1. The highest BCUT2D eigenvalue weighted by Gasteiger charge is 2.24. The predicted molar refractivity (Wildman–Crippen MR) is 151 cm³/mol. The van der Waals surface area contributed by atoms with Crippen molar-refractivity contribution in [2.75, 3.05) is 50.6 Å². The maximum atomic E-state index is 12.9. The molecule has 1 aliphatic heterocycles. The largest absolute Gasteiger partial charge is 0.496 e. The van der Waals surface area contributed by atoms with Crippen LogP contribution in [0.5, 0.6) is 5.75 Å². The molecule has 1 saturated heterocycles. The van der Waals surface area contributed by atoms with Gasteiger partial charge in [-0.1, -0.05) is 34.1 Å². The van der Waals surface area contributed by atoms with Crippen LogP contribution in [0.15, 0.2) is 77.3 Å². The summed E-state index contributed by atoms with van der Waals surface area (Å²) in [6, 6.07) is 19.8. The van der Waals surface area contributed by atoms with Crippen LogP contribution in [0.2, 0.25) is 0 Å². The van der Waals surface area contributed by atoms with Crippen LogP contribution in [0, 0.1) is 0 Å². The van der Waals surface area contributed by atoms with Crippen molar-refractivity contribution in [2.24, 2.45) is 0 Å². The molecule has 196 valence electrons. The highest BCUT2D eigenvalue weighted by molar-refractivity contribution is 9.10. The zero-order valence-electron chi connectivity index (χ0n) is 21.1. The van der Waals surface area contributed by atoms with Gasteiger partial charge in [-0.25, -0.2) is 4.79 Å². The normalized spacial score (nSPS) is 13.3. The monoisotopic (exact) mass is 577 g/mol. The van der Waals surface area contributed by atoms with Gasteiger partial charge in [-0.2, -0.15) is 0 Å². The molecule has 0 unspecified atom stereocenters. The number of methoxy groups -OCH3 is 2. The lowest BCUT2D eigenvalue weighted by molar-refractivity contribution is -0.111. The van der Waals surface area contributed by atoms with Crippen LogP contribution < -0.4 is 15.0 Å². The van der Waals surface area contributed by atoms with E-state index in [2.05, 4.69) is 26.1 Å². The van der Waals surface area contributed by atoms with E-state index in [4.69, 9.17) is 9.47 Å². The predicted octanol–water partition coefficient (Wildman–Crippen LogP) is 4.86. The van der Waals surface area contributed by atoms with Crippen LogP contribution in [0.25, 0.3) is 6.08 Å². The van der Waals surface area contributed by atoms with Crippen molar-refractivity contribution in [1.82, 2.24) is 4.90 Å². The van der Waals surface area contributed by atoms with Gasteiger partial charge in [0.1, 0.15) is 5.75 Å². The number of rotatable bonds is 7. The lowest BCUT2D eigenvalue weighted by atomic mass is 10.1. The molecular formula is C29H28BrN3O5. The van der Waals surface area contributed by atoms with Gasteiger partial charge in [0.05, 0.1) is 31.2 Å². The minimum absolute atomic E-state index is 0.00655. The molecule has 1 heterocycles. The zero-order valence-corrected chi connectivity index (χ0v) is 22.7. The number of nitrogens with one attached hydrogen (secondary N) is 1. The molecule has 0 aromatic heterocycles. The third kappa shape index (κ3) is 6.41. The standard InChI is InChI=1S/C29H28BrN3O5/c1-37-26-12-10-23(30)18-21(26)9-13-27(34)31-24-19-22(29(36)38-2)8-11-25(24)32-14-16-33(17-15-32)28(35)20-6-4-3-5-7-20/h3-13,18-19H,14-17H2,1-2H3,(H,31,34)/b13-9+. The Morgan fingerprint density at radius 1 is 0.895 bits per heavy atom. The number of nitrogens with zero attached hydrogens (tertiary/aromatic N) is 2. The Bertz CT molecular complexity index is 1350. The molecule has 3 aromatic rings. The number of carbonyl (C=O) groups is 3. The van der Waals surface area contributed by atoms with Crippen LogP contribution in [0.4, 0.5) is 11.4 Å². The molecule has 2 amide bonds. The second kappa shape index (κ2) is 12.4. The van der Waals surface area contributed by atoms with E-state index in [1.54, 1.807) is 31.4 Å². The summed E-state index contributed by atoms with van der Waals surface area (Å²) >= 11 is 3.43. The van der Waals surface area contributed by atoms with Gasteiger partial charge in [-0.05, 0) is 54.6 Å². The summed E-state index contributed by atoms with van der Waals surface area (Å²) in [5, 5.41) is 2.90. The van der Waals surface area contributed by atoms with Crippen LogP contribution in [-0.2, 0) is 9.53 Å². The van der Waals surface area contributed by atoms with Gasteiger partial charge in [0.25, 0.3) is 5.91 Å². The van der Waals surface area contributed by atoms with Crippen LogP contribution >= 0.6 is 15.9 Å². The number of ether oxygens (including phenoxy) is 2. The number of amides is 2. The SMILES string of the molecule is COC(=O)c1ccc(N2CCN(C(=O)c3ccccc3)CC2)c(NC(=O)/C=C/c2cc(Br)ccc2OC)c1. The van der Waals surface area contributed by atoms with Gasteiger partial charge in [-0.3, -0.25) is 9.59 Å². The van der Waals surface area contributed by atoms with Gasteiger partial charge < -0.3 is 24.6 Å². The molecule has 1 aliphatic rings. The number of benzene rings is 3. The van der Waals surface area contributed by atoms with Gasteiger partial charge in [0.2, 0.25) is 5.91 Å². The van der Waals surface area contributed by atoms with Crippen molar-refractivity contribution >= 4 is 51.2 Å². The second-order valence-electron chi connectivity index (χ2n) is 8.58. The minimum atomic E-state index is -0.500. The van der Waals surface area contributed by atoms with E-state index < -0.39 is 5.97 Å². The average molecular weight is 578 g/mol. The Morgan fingerprint density at radius 2 is 1.63 bits per heavy atom. The first-order chi connectivity index (χ1) is 18.4. The molecule has 0 saturated carbocycles. The quantitative estimate of drug-likeness (QED) is 0.319. The molecule has 1 fully saturated rings. The summed E-state index contributed by atoms with van der Waals surface area (Å²) in [6.45, 7) is 2.21. The van der Waals surface area contributed by atoms with Crippen molar-refractivity contribution in [3.63, 3.8) is 0 Å². The summed E-state index contributed by atoms with van der Waals surface area (Å²) < 4.78 is 11.1. The molecule has 1 N–H and O–H groups in total. The summed E-state index contributed by atoms with van der Waals surface area (Å²) in [6.07, 6.45) is 3.08. The third-order valence-corrected chi connectivity index (χ3v) is 6.70. The number of piperazine rings is 1. The van der Waals surface area contributed by atoms with E-state index in [0.717, 1.165) is 15.7 Å². The van der Waals surface area contributed by atoms with Crippen LogP contribution in [-0.4, -0.2) is 63.1 Å². The van der Waals surface area contributed by atoms with Gasteiger partial charge in [0, 0.05) is 47.9 Å². The van der Waals surface area contributed by atoms with E-state index >= 15 is 0 Å². The molecule has 3 aromatic carbocycles. The third-order valence-electron chi connectivity index (χ3n) is 6.21. The topological polar surface area (TPSA) is 88.2 Å². The summed E-state index contributed by atoms with van der Waals surface area (Å²) in [5.41, 5.74) is 2.95. The Hall–Kier alpha value is -4.11. The van der Waals surface area contributed by atoms with Gasteiger partial charge in [0.15, 0.2) is 0 Å². The Balaban J connectivity index is 1.52. The minimum Gasteiger partial charge on any atom is -0.496 e. The van der Waals surface area contributed by atoms with Crippen molar-refractivity contribution in [3.05, 3.63) is 94.0 Å². The number of carbonyl (C=O) groups excluding carboxylic acids is 3. The molecule has 8 nitrogen and oxygen atoms in total. The van der Waals surface area contributed by atoms with E-state index in [1.807, 2.05) is 53.4 Å². The summed E-state index contributed by atoms with van der Waals surface area (Å²) in [5.74, 6) is -0.241. The maximum absolute atomic E-state index is 12.9. The summed E-state index contributed by atoms with van der Waals surface area (Å²) in [4.78, 5) is 41.8. The number of anilines is 2. The average Bonchev–Trinajstić information content (AvgIpc) is 2.96. The molecule has 0 aliphatic carbocycles. The molecule has 4 rings (SSSR count). The second-order valence-corrected chi connectivity index (χ2v) is 9.49. The zero-order chi connectivity index (χ0) is 27.1. The fourth-order valence-electron chi connectivity index (χ4n) is 4.25. The van der Waals surface area contributed by atoms with E-state index in [9.17, 15) is 14.4 Å². The molecule has 0 bridgehead atoms. The van der Waals surface area contributed by atoms with Crippen LogP contribution in [0.3, 0.4) is 0 Å². The molecule has 0 atom stereocenters. The Labute approximate surface area is 230 Å². The fourth-order valence-corrected chi connectivity index (χ4v) is 4.62. The van der Waals surface area contributed by atoms with Crippen molar-refractivity contribution in [1.29, 1.82) is 0 Å². The first-order valence-electron chi connectivity index (χ1n) is 12.0. The van der Waals surface area contributed by atoms with Gasteiger partial charge in [-0.15, -0.1) is 0 Å². The lowest BCUT2D eigenvalue weighted by Gasteiger charge is -2.37. The molecule has 0 radical (unpaired) electrons. The highest BCUT2D eigenvalue weighted by Crippen LogP contribution is 2.29. The maximum Gasteiger partial charge on any atom is 0.337 e. The van der Waals surface area contributed by atoms with Gasteiger partial charge >= 0.3 is 5.97 Å². The Morgan fingerprint density at radius 3 is 2.32 bits per heavy atom. The lowest BCUT2D eigenvalue weighted by Crippen LogP contribution is -2.49. The van der Waals surface area contributed by atoms with Crippen LogP contribution in [0.1, 0.15) is 26.3 Å².